The third kappa shape index (κ3) is 3.38. The normalized spacial score (nSPS) is 24.7. The monoisotopic (exact) mass is 256 g/mol. The summed E-state index contributed by atoms with van der Waals surface area (Å²) < 4.78 is 5.20. The number of rotatable bonds is 4. The topological polar surface area (TPSA) is 33.6 Å². The SMILES string of the molecule is CCC(COC)NC1=NCC2(CCCC2)CS1. The molecule has 4 heteroatoms. The van der Waals surface area contributed by atoms with E-state index in [9.17, 15) is 0 Å². The minimum Gasteiger partial charge on any atom is -0.383 e. The molecule has 0 bridgehead atoms. The van der Waals surface area contributed by atoms with Gasteiger partial charge in [-0.3, -0.25) is 4.99 Å². The number of methoxy groups -OCH3 is 1. The van der Waals surface area contributed by atoms with Crippen molar-refractivity contribution in [2.75, 3.05) is 26.0 Å². The number of nitrogens with one attached hydrogen (secondary N) is 1. The maximum Gasteiger partial charge on any atom is 0.156 e. The van der Waals surface area contributed by atoms with Crippen molar-refractivity contribution < 1.29 is 4.74 Å². The summed E-state index contributed by atoms with van der Waals surface area (Å²) in [5.74, 6) is 1.25. The lowest BCUT2D eigenvalue weighted by molar-refractivity contribution is 0.172. The number of amidine groups is 1. The molecule has 98 valence electrons. The predicted octanol–water partition coefficient (Wildman–Crippen LogP) is 2.66. The van der Waals surface area contributed by atoms with Gasteiger partial charge in [0.05, 0.1) is 12.6 Å². The van der Waals surface area contributed by atoms with Crippen LogP contribution in [0.25, 0.3) is 0 Å². The van der Waals surface area contributed by atoms with E-state index < -0.39 is 0 Å². The Bertz CT molecular complexity index is 275. The van der Waals surface area contributed by atoms with Gasteiger partial charge in [0.1, 0.15) is 0 Å². The summed E-state index contributed by atoms with van der Waals surface area (Å²) in [7, 11) is 1.76. The van der Waals surface area contributed by atoms with E-state index >= 15 is 0 Å². The van der Waals surface area contributed by atoms with Crippen molar-refractivity contribution in [3.63, 3.8) is 0 Å². The van der Waals surface area contributed by atoms with Crippen molar-refractivity contribution in [1.29, 1.82) is 0 Å². The molecule has 0 aromatic carbocycles. The van der Waals surface area contributed by atoms with Crippen LogP contribution in [0.5, 0.6) is 0 Å². The Morgan fingerprint density at radius 2 is 2.24 bits per heavy atom. The van der Waals surface area contributed by atoms with Crippen molar-refractivity contribution >= 4 is 16.9 Å². The van der Waals surface area contributed by atoms with E-state index in [0.29, 0.717) is 11.5 Å². The van der Waals surface area contributed by atoms with Gasteiger partial charge in [-0.2, -0.15) is 0 Å². The van der Waals surface area contributed by atoms with Gasteiger partial charge in [0.25, 0.3) is 0 Å². The molecular weight excluding hydrogens is 232 g/mol. The second kappa shape index (κ2) is 6.10. The lowest BCUT2D eigenvalue weighted by Crippen LogP contribution is -2.40. The second-order valence-electron chi connectivity index (χ2n) is 5.32. The molecule has 0 radical (unpaired) electrons. The fraction of sp³-hybridized carbons (Fsp3) is 0.923. The van der Waals surface area contributed by atoms with Gasteiger partial charge in [0.15, 0.2) is 5.17 Å². The zero-order valence-corrected chi connectivity index (χ0v) is 11.8. The van der Waals surface area contributed by atoms with Crippen LogP contribution >= 0.6 is 11.8 Å². The minimum atomic E-state index is 0.406. The Morgan fingerprint density at radius 3 is 2.76 bits per heavy atom. The zero-order valence-electron chi connectivity index (χ0n) is 11.0. The van der Waals surface area contributed by atoms with Gasteiger partial charge >= 0.3 is 0 Å². The molecule has 1 unspecified atom stereocenters. The third-order valence-electron chi connectivity index (χ3n) is 3.93. The van der Waals surface area contributed by atoms with Crippen molar-refractivity contribution in [3.8, 4) is 0 Å². The average molecular weight is 256 g/mol. The first-order chi connectivity index (χ1) is 8.28. The summed E-state index contributed by atoms with van der Waals surface area (Å²) in [5.41, 5.74) is 0.540. The molecule has 0 aromatic rings. The number of hydrogen-bond donors (Lipinski definition) is 1. The van der Waals surface area contributed by atoms with E-state index in [-0.39, 0.29) is 0 Å². The van der Waals surface area contributed by atoms with Gasteiger partial charge in [-0.15, -0.1) is 0 Å². The number of aliphatic imine (C=N–C) groups is 1. The van der Waals surface area contributed by atoms with E-state index in [0.717, 1.165) is 24.7 Å². The molecule has 3 nitrogen and oxygen atoms in total. The second-order valence-corrected chi connectivity index (χ2v) is 6.29. The van der Waals surface area contributed by atoms with Crippen LogP contribution in [-0.2, 0) is 4.74 Å². The molecule has 2 aliphatic rings. The molecule has 0 amide bonds. The third-order valence-corrected chi connectivity index (χ3v) is 5.20. The molecule has 1 aliphatic carbocycles. The Hall–Kier alpha value is -0.220. The Balaban J connectivity index is 1.85. The van der Waals surface area contributed by atoms with Crippen LogP contribution in [0.2, 0.25) is 0 Å². The van der Waals surface area contributed by atoms with Gasteiger partial charge in [-0.1, -0.05) is 31.5 Å². The van der Waals surface area contributed by atoms with Gasteiger partial charge in [0.2, 0.25) is 0 Å². The lowest BCUT2D eigenvalue weighted by atomic mass is 9.89. The van der Waals surface area contributed by atoms with Crippen molar-refractivity contribution in [2.45, 2.75) is 45.1 Å². The van der Waals surface area contributed by atoms with Gasteiger partial charge in [0, 0.05) is 19.4 Å². The quantitative estimate of drug-likeness (QED) is 0.839. The molecule has 1 atom stereocenters. The Morgan fingerprint density at radius 1 is 1.47 bits per heavy atom. The summed E-state index contributed by atoms with van der Waals surface area (Å²) in [5, 5.41) is 4.63. The van der Waals surface area contributed by atoms with Crippen molar-refractivity contribution in [3.05, 3.63) is 0 Å². The molecule has 1 saturated carbocycles. The first-order valence-corrected chi connectivity index (χ1v) is 7.69. The summed E-state index contributed by atoms with van der Waals surface area (Å²) >= 11 is 1.91. The van der Waals surface area contributed by atoms with Gasteiger partial charge < -0.3 is 10.1 Å². The molecule has 1 heterocycles. The molecule has 1 spiro atoms. The smallest absolute Gasteiger partial charge is 0.156 e. The molecule has 2 rings (SSSR count). The van der Waals surface area contributed by atoms with Crippen LogP contribution in [0.4, 0.5) is 0 Å². The Labute approximate surface area is 109 Å². The molecule has 1 fully saturated rings. The van der Waals surface area contributed by atoms with Gasteiger partial charge in [-0.25, -0.2) is 0 Å². The highest BCUT2D eigenvalue weighted by Crippen LogP contribution is 2.43. The number of thioether (sulfide) groups is 1. The van der Waals surface area contributed by atoms with Gasteiger partial charge in [-0.05, 0) is 24.7 Å². The largest absolute Gasteiger partial charge is 0.383 e. The van der Waals surface area contributed by atoms with E-state index in [4.69, 9.17) is 9.73 Å². The number of hydrogen-bond acceptors (Lipinski definition) is 4. The summed E-state index contributed by atoms with van der Waals surface area (Å²) in [6.45, 7) is 3.98. The molecule has 1 N–H and O–H groups in total. The van der Waals surface area contributed by atoms with E-state index in [2.05, 4.69) is 12.2 Å². The summed E-state index contributed by atoms with van der Waals surface area (Å²) in [6.07, 6.45) is 6.65. The van der Waals surface area contributed by atoms with Crippen molar-refractivity contribution in [1.82, 2.24) is 5.32 Å². The molecule has 17 heavy (non-hydrogen) atoms. The van der Waals surface area contributed by atoms with Crippen LogP contribution in [-0.4, -0.2) is 37.2 Å². The standard InChI is InChI=1S/C13H24N2OS/c1-3-11(8-16-2)15-12-14-9-13(10-17-12)6-4-5-7-13/h11H,3-10H2,1-2H3,(H,14,15). The molecule has 0 saturated heterocycles. The highest BCUT2D eigenvalue weighted by atomic mass is 32.2. The number of ether oxygens (including phenoxy) is 1. The molecule has 1 aliphatic heterocycles. The first kappa shape index (κ1) is 13.2. The fourth-order valence-corrected chi connectivity index (χ4v) is 3.93. The van der Waals surface area contributed by atoms with Crippen LogP contribution in [0.15, 0.2) is 4.99 Å². The summed E-state index contributed by atoms with van der Waals surface area (Å²) in [4.78, 5) is 4.75. The van der Waals surface area contributed by atoms with Crippen LogP contribution < -0.4 is 5.32 Å². The zero-order chi connectivity index (χ0) is 12.1. The van der Waals surface area contributed by atoms with Crippen LogP contribution in [0.3, 0.4) is 0 Å². The van der Waals surface area contributed by atoms with E-state index in [1.54, 1.807) is 7.11 Å². The molecule has 0 aromatic heterocycles. The maximum absolute atomic E-state index is 5.20. The van der Waals surface area contributed by atoms with E-state index in [1.807, 2.05) is 11.8 Å². The lowest BCUT2D eigenvalue weighted by Gasteiger charge is -2.32. The van der Waals surface area contributed by atoms with Crippen molar-refractivity contribution in [2.24, 2.45) is 10.4 Å². The first-order valence-electron chi connectivity index (χ1n) is 6.71. The van der Waals surface area contributed by atoms with Crippen LogP contribution in [0.1, 0.15) is 39.0 Å². The molecular formula is C13H24N2OS. The predicted molar refractivity (Wildman–Crippen MR) is 74.8 cm³/mol. The highest BCUT2D eigenvalue weighted by Gasteiger charge is 2.36. The van der Waals surface area contributed by atoms with Crippen LogP contribution in [0, 0.1) is 5.41 Å². The fourth-order valence-electron chi connectivity index (χ4n) is 2.70. The van der Waals surface area contributed by atoms with E-state index in [1.165, 1.54) is 31.4 Å². The highest BCUT2D eigenvalue weighted by molar-refractivity contribution is 8.13. The Kier molecular flexibility index (Phi) is 4.74. The minimum absolute atomic E-state index is 0.406. The average Bonchev–Trinajstić information content (AvgIpc) is 2.80. The number of nitrogens with zero attached hydrogens (tertiary/aromatic N) is 1. The summed E-state index contributed by atoms with van der Waals surface area (Å²) in [6, 6.07) is 0.406. The maximum atomic E-state index is 5.20.